The average Bonchev–Trinajstić information content (AvgIpc) is 2.69. The highest BCUT2D eigenvalue weighted by Crippen LogP contribution is 2.13. The highest BCUT2D eigenvalue weighted by molar-refractivity contribution is 5.75. The summed E-state index contributed by atoms with van der Waals surface area (Å²) in [5.74, 6) is 0.237. The Hall–Kier alpha value is -0.610. The molecule has 0 bridgehead atoms. The van der Waals surface area contributed by atoms with Gasteiger partial charge in [0.15, 0.2) is 0 Å². The number of likely N-dealkylation sites (N-methyl/N-ethyl adjacent to an activating group) is 2. The van der Waals surface area contributed by atoms with Crippen molar-refractivity contribution in [3.63, 3.8) is 0 Å². The third-order valence-electron chi connectivity index (χ3n) is 6.42. The molecule has 0 aromatic heterocycles. The zero-order valence-corrected chi connectivity index (χ0v) is 22.4. The van der Waals surface area contributed by atoms with Gasteiger partial charge in [0, 0.05) is 6.42 Å². The van der Waals surface area contributed by atoms with Crippen LogP contribution in [0.4, 0.5) is 0 Å². The molecule has 0 rings (SSSR count). The summed E-state index contributed by atoms with van der Waals surface area (Å²) >= 11 is 0. The Labute approximate surface area is 196 Å². The molecule has 31 heavy (non-hydrogen) atoms. The average molecular weight is 442 g/mol. The van der Waals surface area contributed by atoms with Crippen LogP contribution in [-0.4, -0.2) is 76.3 Å². The van der Waals surface area contributed by atoms with Crippen molar-refractivity contribution in [1.29, 1.82) is 0 Å². The maximum absolute atomic E-state index is 12.1. The first-order chi connectivity index (χ1) is 14.7. The van der Waals surface area contributed by atoms with Gasteiger partial charge in [0.1, 0.15) is 13.1 Å². The van der Waals surface area contributed by atoms with Crippen molar-refractivity contribution in [2.24, 2.45) is 0 Å². The van der Waals surface area contributed by atoms with Crippen LogP contribution in [0.15, 0.2) is 0 Å². The van der Waals surface area contributed by atoms with Crippen molar-refractivity contribution in [3.8, 4) is 0 Å². The number of rotatable bonds is 22. The molecule has 0 aromatic carbocycles. The molecule has 0 aliphatic carbocycles. The van der Waals surface area contributed by atoms with Crippen molar-refractivity contribution in [1.82, 2.24) is 5.32 Å². The van der Waals surface area contributed by atoms with Crippen LogP contribution in [0, 0.1) is 0 Å². The van der Waals surface area contributed by atoms with Gasteiger partial charge < -0.3 is 14.3 Å². The number of hydrogen-bond acceptors (Lipinski definition) is 1. The second-order valence-electron chi connectivity index (χ2n) is 11.4. The van der Waals surface area contributed by atoms with Gasteiger partial charge in [-0.15, -0.1) is 0 Å². The number of amides is 1. The van der Waals surface area contributed by atoms with Crippen molar-refractivity contribution >= 4 is 5.91 Å². The molecule has 0 spiro atoms. The van der Waals surface area contributed by atoms with E-state index in [1.807, 2.05) is 0 Å². The van der Waals surface area contributed by atoms with Crippen LogP contribution >= 0.6 is 0 Å². The van der Waals surface area contributed by atoms with Crippen molar-refractivity contribution in [2.75, 3.05) is 61.4 Å². The molecule has 1 amide bonds. The normalized spacial score (nSPS) is 12.3. The predicted molar refractivity (Wildman–Crippen MR) is 137 cm³/mol. The maximum Gasteiger partial charge on any atom is 0.220 e. The van der Waals surface area contributed by atoms with Gasteiger partial charge in [0.05, 0.1) is 48.3 Å². The number of unbranched alkanes of at least 4 members (excludes halogenated alkanes) is 14. The third kappa shape index (κ3) is 23.9. The molecule has 0 heterocycles. The Morgan fingerprint density at radius 3 is 1.42 bits per heavy atom. The van der Waals surface area contributed by atoms with Crippen LogP contribution in [0.3, 0.4) is 0 Å². The Morgan fingerprint density at radius 1 is 0.581 bits per heavy atom. The smallest absolute Gasteiger partial charge is 0.220 e. The van der Waals surface area contributed by atoms with Crippen LogP contribution in [0.5, 0.6) is 0 Å². The Kier molecular flexibility index (Phi) is 18.5. The number of carbonyl (C=O) groups excluding carboxylic acids is 1. The van der Waals surface area contributed by atoms with Crippen molar-refractivity contribution in [3.05, 3.63) is 0 Å². The molecule has 0 saturated heterocycles. The third-order valence-corrected chi connectivity index (χ3v) is 6.42. The lowest BCUT2D eigenvalue weighted by atomic mass is 10.0. The van der Waals surface area contributed by atoms with E-state index in [2.05, 4.69) is 47.5 Å². The minimum absolute atomic E-state index is 0.237. The highest BCUT2D eigenvalue weighted by Gasteiger charge is 2.19. The van der Waals surface area contributed by atoms with E-state index in [0.717, 1.165) is 41.6 Å². The minimum Gasteiger partial charge on any atom is -0.350 e. The first-order valence-corrected chi connectivity index (χ1v) is 13.6. The second kappa shape index (κ2) is 18.9. The van der Waals surface area contributed by atoms with E-state index in [9.17, 15) is 4.79 Å². The topological polar surface area (TPSA) is 29.1 Å². The predicted octanol–water partition coefficient (Wildman–Crippen LogP) is 6.15. The van der Waals surface area contributed by atoms with Crippen LogP contribution in [-0.2, 0) is 4.79 Å². The van der Waals surface area contributed by atoms with Gasteiger partial charge in [-0.05, 0) is 6.42 Å². The molecule has 0 aliphatic heterocycles. The van der Waals surface area contributed by atoms with Gasteiger partial charge >= 0.3 is 0 Å². The molecular formula is C27H59N3O+2. The number of nitrogens with one attached hydrogen (secondary N) is 1. The molecule has 0 saturated carbocycles. The van der Waals surface area contributed by atoms with Crippen molar-refractivity contribution in [2.45, 2.75) is 110 Å². The summed E-state index contributed by atoms with van der Waals surface area (Å²) in [6.07, 6.45) is 21.2. The first-order valence-electron chi connectivity index (χ1n) is 13.6. The van der Waals surface area contributed by atoms with Crippen LogP contribution in [0.1, 0.15) is 110 Å². The van der Waals surface area contributed by atoms with E-state index < -0.39 is 0 Å². The van der Waals surface area contributed by atoms with Crippen molar-refractivity contribution < 1.29 is 13.8 Å². The van der Waals surface area contributed by atoms with Gasteiger partial charge in [0.2, 0.25) is 5.91 Å². The molecule has 0 aliphatic rings. The summed E-state index contributed by atoms with van der Waals surface area (Å²) in [6.45, 7) is 6.37. The summed E-state index contributed by atoms with van der Waals surface area (Å²) in [7, 11) is 11.2. The molecule has 186 valence electrons. The van der Waals surface area contributed by atoms with Gasteiger partial charge in [0.25, 0.3) is 0 Å². The standard InChI is InChI=1S/C27H58N3O/c1-7-8-9-10-11-12-13-14-15-16-17-18-19-20-21-22-27(31)28-23-24-30(5,6)26-25-29(2,3)4/h7-26H2,1-6H3/q+1/p+1. The molecule has 0 fully saturated rings. The van der Waals surface area contributed by atoms with E-state index >= 15 is 0 Å². The van der Waals surface area contributed by atoms with E-state index in [-0.39, 0.29) is 5.91 Å². The lowest BCUT2D eigenvalue weighted by Crippen LogP contribution is -2.51. The Bertz CT molecular complexity index is 415. The number of hydrogen-bond donors (Lipinski definition) is 1. The van der Waals surface area contributed by atoms with E-state index in [0.29, 0.717) is 6.42 Å². The lowest BCUT2D eigenvalue weighted by Gasteiger charge is -2.33. The van der Waals surface area contributed by atoms with Gasteiger partial charge in [-0.1, -0.05) is 96.8 Å². The van der Waals surface area contributed by atoms with Gasteiger partial charge in [-0.2, -0.15) is 0 Å². The van der Waals surface area contributed by atoms with Crippen LogP contribution in [0.2, 0.25) is 0 Å². The second-order valence-corrected chi connectivity index (χ2v) is 11.4. The fourth-order valence-corrected chi connectivity index (χ4v) is 3.93. The molecule has 0 aromatic rings. The SMILES string of the molecule is CCCCCCCCCCCCCCCCCC(=O)NCC[N+](C)(C)CC[N+](C)(C)C. The lowest BCUT2D eigenvalue weighted by molar-refractivity contribution is -0.936. The Balaban J connectivity index is 3.39. The quantitative estimate of drug-likeness (QED) is 0.158. The summed E-state index contributed by atoms with van der Waals surface area (Å²) in [5, 5.41) is 3.13. The molecule has 0 radical (unpaired) electrons. The zero-order chi connectivity index (χ0) is 23.4. The van der Waals surface area contributed by atoms with Crippen LogP contribution < -0.4 is 5.32 Å². The number of carbonyl (C=O) groups is 1. The van der Waals surface area contributed by atoms with Gasteiger partial charge in [-0.3, -0.25) is 4.79 Å². The van der Waals surface area contributed by atoms with E-state index in [4.69, 9.17) is 0 Å². The molecule has 4 heteroatoms. The maximum atomic E-state index is 12.1. The molecule has 0 atom stereocenters. The fraction of sp³-hybridized carbons (Fsp3) is 0.963. The largest absolute Gasteiger partial charge is 0.350 e. The molecular weight excluding hydrogens is 382 g/mol. The van der Waals surface area contributed by atoms with Crippen LogP contribution in [0.25, 0.3) is 0 Å². The Morgan fingerprint density at radius 2 is 1.00 bits per heavy atom. The van der Waals surface area contributed by atoms with E-state index in [1.165, 1.54) is 89.9 Å². The van der Waals surface area contributed by atoms with Gasteiger partial charge in [-0.25, -0.2) is 0 Å². The monoisotopic (exact) mass is 441 g/mol. The summed E-state index contributed by atoms with van der Waals surface area (Å²) in [5.41, 5.74) is 0. The molecule has 0 unspecified atom stereocenters. The summed E-state index contributed by atoms with van der Waals surface area (Å²) < 4.78 is 1.96. The molecule has 1 N–H and O–H groups in total. The summed E-state index contributed by atoms with van der Waals surface area (Å²) in [4.78, 5) is 12.1. The number of quaternary nitrogens is 2. The zero-order valence-electron chi connectivity index (χ0n) is 22.4. The summed E-state index contributed by atoms with van der Waals surface area (Å²) in [6, 6.07) is 0. The number of nitrogens with zero attached hydrogens (tertiary/aromatic N) is 2. The fourth-order valence-electron chi connectivity index (χ4n) is 3.93. The minimum atomic E-state index is 0.237. The molecule has 4 nitrogen and oxygen atoms in total. The van der Waals surface area contributed by atoms with E-state index in [1.54, 1.807) is 0 Å². The first kappa shape index (κ1) is 30.4. The highest BCUT2D eigenvalue weighted by atomic mass is 16.1.